The molecule has 232 valence electrons. The molecule has 2 aromatic carbocycles. The Balaban J connectivity index is 1.43. The van der Waals surface area contributed by atoms with E-state index >= 15 is 0 Å². The van der Waals surface area contributed by atoms with E-state index in [1.54, 1.807) is 6.08 Å². The smallest absolute Gasteiger partial charge is 0.266 e. The number of carbonyl (C=O) groups is 2. The second-order valence-corrected chi connectivity index (χ2v) is 14.9. The van der Waals surface area contributed by atoms with Gasteiger partial charge in [0.05, 0.1) is 15.4 Å². The minimum absolute atomic E-state index is 0.0624. The molecule has 0 saturated carbocycles. The van der Waals surface area contributed by atoms with Crippen molar-refractivity contribution in [2.45, 2.75) is 32.2 Å². The molecule has 2 unspecified atom stereocenters. The summed E-state index contributed by atoms with van der Waals surface area (Å²) < 4.78 is 42.1. The van der Waals surface area contributed by atoms with Crippen LogP contribution in [0.2, 0.25) is 0 Å². The van der Waals surface area contributed by atoms with E-state index in [0.29, 0.717) is 22.8 Å². The van der Waals surface area contributed by atoms with Gasteiger partial charge in [0.15, 0.2) is 0 Å². The van der Waals surface area contributed by atoms with Crippen LogP contribution in [-0.2, 0) is 26.1 Å². The maximum Gasteiger partial charge on any atom is 0.266 e. The second kappa shape index (κ2) is 15.7. The van der Waals surface area contributed by atoms with Crippen molar-refractivity contribution in [3.63, 3.8) is 0 Å². The fraction of sp³-hybridized carbons (Fsp3) is 0.242. The first-order valence-corrected chi connectivity index (χ1v) is 18.9. The van der Waals surface area contributed by atoms with Crippen molar-refractivity contribution in [3.05, 3.63) is 110 Å². The van der Waals surface area contributed by atoms with Crippen LogP contribution in [0.3, 0.4) is 0 Å². The van der Waals surface area contributed by atoms with Crippen LogP contribution in [0.5, 0.6) is 0 Å². The van der Waals surface area contributed by atoms with Crippen molar-refractivity contribution >= 4 is 79.7 Å². The van der Waals surface area contributed by atoms with Gasteiger partial charge in [-0.1, -0.05) is 101 Å². The highest BCUT2D eigenvalue weighted by molar-refractivity contribution is 14.2. The van der Waals surface area contributed by atoms with E-state index in [9.17, 15) is 18.0 Å². The summed E-state index contributed by atoms with van der Waals surface area (Å²) in [7, 11) is -4.16. The van der Waals surface area contributed by atoms with E-state index in [1.807, 2.05) is 79.7 Å². The van der Waals surface area contributed by atoms with Gasteiger partial charge in [-0.15, -0.1) is 0 Å². The maximum atomic E-state index is 13.6. The first-order valence-electron chi connectivity index (χ1n) is 13.9. The third-order valence-corrected chi connectivity index (χ3v) is 9.91. The summed E-state index contributed by atoms with van der Waals surface area (Å²) >= 11 is 2.61. The quantitative estimate of drug-likeness (QED) is 0.0785. The van der Waals surface area contributed by atoms with E-state index < -0.39 is 42.5 Å². The van der Waals surface area contributed by atoms with Crippen molar-refractivity contribution in [1.82, 2.24) is 10.6 Å². The molecule has 1 aromatic heterocycles. The fourth-order valence-corrected chi connectivity index (χ4v) is 6.32. The van der Waals surface area contributed by atoms with Gasteiger partial charge in [0.1, 0.15) is 11.3 Å². The third-order valence-electron chi connectivity index (χ3n) is 6.99. The number of allylic oxidation sites excluding steroid dienone is 5. The number of nitrogens with one attached hydrogen (secondary N) is 2. The van der Waals surface area contributed by atoms with Crippen LogP contribution < -0.4 is 10.6 Å². The van der Waals surface area contributed by atoms with Crippen LogP contribution in [0, 0.1) is 5.92 Å². The van der Waals surface area contributed by atoms with Crippen LogP contribution in [0.1, 0.15) is 31.1 Å². The SMILES string of the molecule is C=I/C(=C\C=C(/C)CC(Cc1ccc(Br)cc1)C(=O)NC1C=CC(c2cc3ccccc3o2)=CC1)C(=O)NCCS(=O)(=O)O. The lowest BCUT2D eigenvalue weighted by atomic mass is 9.91. The van der Waals surface area contributed by atoms with Gasteiger partial charge < -0.3 is 15.1 Å². The zero-order valence-electron chi connectivity index (χ0n) is 24.1. The molecule has 0 aliphatic heterocycles. The zero-order chi connectivity index (χ0) is 31.7. The monoisotopic (exact) mass is 792 g/mol. The number of rotatable bonds is 13. The van der Waals surface area contributed by atoms with E-state index in [1.165, 1.54) is 0 Å². The summed E-state index contributed by atoms with van der Waals surface area (Å²) in [6.45, 7) is 1.72. The molecule has 0 fully saturated rings. The van der Waals surface area contributed by atoms with Gasteiger partial charge in [-0.2, -0.15) is 8.42 Å². The molecule has 0 bridgehead atoms. The Kier molecular flexibility index (Phi) is 12.1. The average Bonchev–Trinajstić information content (AvgIpc) is 3.42. The number of carbonyl (C=O) groups excluding carboxylic acids is 2. The lowest BCUT2D eigenvalue weighted by Crippen LogP contribution is -2.39. The second-order valence-electron chi connectivity index (χ2n) is 10.5. The summed E-state index contributed by atoms with van der Waals surface area (Å²) in [5.74, 6) is -0.589. The van der Waals surface area contributed by atoms with Crippen molar-refractivity contribution < 1.29 is 27.0 Å². The zero-order valence-corrected chi connectivity index (χ0v) is 28.7. The Hall–Kier alpha value is -3.13. The summed E-state index contributed by atoms with van der Waals surface area (Å²) in [5.41, 5.74) is 3.76. The van der Waals surface area contributed by atoms with Crippen LogP contribution in [-0.4, -0.2) is 47.6 Å². The molecule has 11 heteroatoms. The van der Waals surface area contributed by atoms with E-state index in [2.05, 4.69) is 37.2 Å². The Labute approximate surface area is 276 Å². The summed E-state index contributed by atoms with van der Waals surface area (Å²) in [6.07, 6.45) is 11.2. The molecule has 0 saturated heterocycles. The molecule has 1 aliphatic carbocycles. The normalized spacial score (nSPS) is 16.4. The minimum Gasteiger partial charge on any atom is -0.456 e. The Morgan fingerprint density at radius 3 is 2.59 bits per heavy atom. The van der Waals surface area contributed by atoms with Crippen LogP contribution in [0.15, 0.2) is 103 Å². The van der Waals surface area contributed by atoms with Gasteiger partial charge in [0.25, 0.3) is 16.0 Å². The number of amides is 2. The highest BCUT2D eigenvalue weighted by Gasteiger charge is 2.23. The highest BCUT2D eigenvalue weighted by atomic mass is 127. The van der Waals surface area contributed by atoms with Gasteiger partial charge in [0, 0.05) is 27.9 Å². The van der Waals surface area contributed by atoms with E-state index in [-0.39, 0.29) is 24.4 Å². The molecule has 2 amide bonds. The van der Waals surface area contributed by atoms with E-state index in [0.717, 1.165) is 37.9 Å². The highest BCUT2D eigenvalue weighted by Crippen LogP contribution is 2.28. The molecule has 1 aliphatic rings. The Morgan fingerprint density at radius 1 is 1.18 bits per heavy atom. The van der Waals surface area contributed by atoms with Gasteiger partial charge in [-0.25, -0.2) is 0 Å². The maximum absolute atomic E-state index is 13.6. The third kappa shape index (κ3) is 10.2. The predicted molar refractivity (Wildman–Crippen MR) is 188 cm³/mol. The lowest BCUT2D eigenvalue weighted by Gasteiger charge is -2.22. The van der Waals surface area contributed by atoms with Gasteiger partial charge >= 0.3 is 0 Å². The Bertz CT molecular complexity index is 1720. The number of benzene rings is 2. The standard InChI is InChI=1S/C33H34BrIN2O6S/c1-22(7-16-29(35-2)33(39)36-17-18-44(40,41)42)19-26(20-23-8-12-27(34)13-9-23)32(38)37-28-14-10-24(11-15-28)31-21-25-5-3-4-6-30(25)43-31/h3-14,16,21,26,28H,2,15,17-20H2,1H3,(H,36,39)(H,37,38)(H,40,41,42)/b22-7+,29-16-. The van der Waals surface area contributed by atoms with E-state index in [4.69, 9.17) is 8.97 Å². The molecular formula is C33H34BrIN2O6S. The van der Waals surface area contributed by atoms with Crippen LogP contribution >= 0.6 is 36.7 Å². The molecule has 44 heavy (non-hydrogen) atoms. The summed E-state index contributed by atoms with van der Waals surface area (Å²) in [4.78, 5) is 26.1. The molecule has 4 rings (SSSR count). The summed E-state index contributed by atoms with van der Waals surface area (Å²) in [6, 6.07) is 17.6. The van der Waals surface area contributed by atoms with Crippen molar-refractivity contribution in [2.24, 2.45) is 5.92 Å². The molecule has 3 aromatic rings. The van der Waals surface area contributed by atoms with Gasteiger partial charge in [0.2, 0.25) is 5.91 Å². The topological polar surface area (TPSA) is 126 Å². The molecule has 0 spiro atoms. The molecular weight excluding hydrogens is 759 g/mol. The molecule has 3 N–H and O–H groups in total. The van der Waals surface area contributed by atoms with Crippen LogP contribution in [0.4, 0.5) is 0 Å². The largest absolute Gasteiger partial charge is 0.456 e. The first-order chi connectivity index (χ1) is 21.0. The van der Waals surface area contributed by atoms with Crippen molar-refractivity contribution in [3.8, 4) is 0 Å². The predicted octanol–water partition coefficient (Wildman–Crippen LogP) is 6.51. The number of furan rings is 1. The first kappa shape index (κ1) is 33.8. The van der Waals surface area contributed by atoms with Crippen molar-refractivity contribution in [2.75, 3.05) is 12.3 Å². The Morgan fingerprint density at radius 2 is 1.93 bits per heavy atom. The average molecular weight is 794 g/mol. The lowest BCUT2D eigenvalue weighted by molar-refractivity contribution is -0.125. The van der Waals surface area contributed by atoms with Gasteiger partial charge in [-0.3, -0.25) is 14.1 Å². The number of hydrogen-bond acceptors (Lipinski definition) is 5. The summed E-state index contributed by atoms with van der Waals surface area (Å²) in [5, 5.41) is 6.74. The molecule has 8 nitrogen and oxygen atoms in total. The fourth-order valence-electron chi connectivity index (χ4n) is 4.73. The number of para-hydroxylation sites is 1. The minimum atomic E-state index is -4.16. The van der Waals surface area contributed by atoms with Crippen molar-refractivity contribution in [1.29, 1.82) is 0 Å². The molecule has 2 atom stereocenters. The van der Waals surface area contributed by atoms with Gasteiger partial charge in [-0.05, 0) is 62.1 Å². The number of fused-ring (bicyclic) bond motifs is 1. The molecule has 0 radical (unpaired) electrons. The number of hydrogen-bond donors (Lipinski definition) is 3. The molecule has 1 heterocycles. The number of halogens is 2. The van der Waals surface area contributed by atoms with Crippen LogP contribution in [0.25, 0.3) is 16.5 Å².